The number of phenols is 1. The predicted octanol–water partition coefficient (Wildman–Crippen LogP) is 3.44. The minimum absolute atomic E-state index is 0.0470. The molecule has 0 spiro atoms. The van der Waals surface area contributed by atoms with Crippen LogP contribution in [0.4, 0.5) is 4.79 Å². The lowest BCUT2D eigenvalue weighted by Crippen LogP contribution is -2.52. The first-order valence-electron chi connectivity index (χ1n) is 10.5. The van der Waals surface area contributed by atoms with Crippen LogP contribution in [0.2, 0.25) is 0 Å². The molecule has 30 heavy (non-hydrogen) atoms. The van der Waals surface area contributed by atoms with Gasteiger partial charge in [0, 0.05) is 23.3 Å². The van der Waals surface area contributed by atoms with Gasteiger partial charge in [-0.15, -0.1) is 0 Å². The Bertz CT molecular complexity index is 787. The molecule has 1 aromatic rings. The van der Waals surface area contributed by atoms with Gasteiger partial charge < -0.3 is 29.2 Å². The number of fused-ring (bicyclic) bond motifs is 3. The molecule has 8 nitrogen and oxygen atoms in total. The van der Waals surface area contributed by atoms with Gasteiger partial charge in [0.1, 0.15) is 11.4 Å². The average molecular weight is 424 g/mol. The second kappa shape index (κ2) is 8.89. The number of aliphatic hydroxyl groups excluding tert-OH is 1. The molecule has 2 N–H and O–H groups in total. The van der Waals surface area contributed by atoms with Crippen LogP contribution in [0, 0.1) is 6.92 Å². The molecular weight excluding hydrogens is 390 g/mol. The van der Waals surface area contributed by atoms with Crippen LogP contribution < -0.4 is 9.47 Å². The molecule has 0 saturated carbocycles. The summed E-state index contributed by atoms with van der Waals surface area (Å²) < 4.78 is 22.9. The number of ether oxygens (including phenoxy) is 4. The quantitative estimate of drug-likeness (QED) is 0.677. The van der Waals surface area contributed by atoms with E-state index in [2.05, 4.69) is 6.92 Å². The van der Waals surface area contributed by atoms with Crippen LogP contribution in [0.1, 0.15) is 63.3 Å². The number of aromatic hydroxyl groups is 1. The Morgan fingerprint density at radius 2 is 1.97 bits per heavy atom. The monoisotopic (exact) mass is 423 g/mol. The zero-order chi connectivity index (χ0) is 22.1. The molecule has 168 valence electrons. The Labute approximate surface area is 177 Å². The van der Waals surface area contributed by atoms with Crippen LogP contribution in [-0.4, -0.2) is 59.5 Å². The largest absolute Gasteiger partial charge is 0.507 e. The Kier molecular flexibility index (Phi) is 6.67. The third-order valence-electron chi connectivity index (χ3n) is 5.40. The molecule has 1 aromatic carbocycles. The van der Waals surface area contributed by atoms with Gasteiger partial charge in [-0.25, -0.2) is 4.79 Å². The lowest BCUT2D eigenvalue weighted by molar-refractivity contribution is -0.0257. The van der Waals surface area contributed by atoms with Gasteiger partial charge in [-0.2, -0.15) is 0 Å². The molecule has 0 fully saturated rings. The van der Waals surface area contributed by atoms with E-state index < -0.39 is 23.8 Å². The van der Waals surface area contributed by atoms with Gasteiger partial charge in [0.25, 0.3) is 0 Å². The van der Waals surface area contributed by atoms with Crippen LogP contribution in [0.25, 0.3) is 0 Å². The lowest BCUT2D eigenvalue weighted by Gasteiger charge is -2.43. The van der Waals surface area contributed by atoms with Gasteiger partial charge >= 0.3 is 6.09 Å². The molecule has 0 bridgehead atoms. The molecule has 0 unspecified atom stereocenters. The molecule has 8 heteroatoms. The summed E-state index contributed by atoms with van der Waals surface area (Å²) in [6.07, 6.45) is 1.62. The Hall–Kier alpha value is -2.19. The third kappa shape index (κ3) is 4.30. The molecule has 0 aliphatic carbocycles. The third-order valence-corrected chi connectivity index (χ3v) is 5.40. The van der Waals surface area contributed by atoms with Crippen molar-refractivity contribution in [3.05, 3.63) is 16.7 Å². The van der Waals surface area contributed by atoms with Crippen LogP contribution in [0.5, 0.6) is 17.2 Å². The van der Waals surface area contributed by atoms with E-state index in [0.717, 1.165) is 12.8 Å². The molecule has 0 saturated heterocycles. The van der Waals surface area contributed by atoms with E-state index in [1.165, 1.54) is 4.90 Å². The van der Waals surface area contributed by atoms with Crippen molar-refractivity contribution in [2.75, 3.05) is 26.6 Å². The lowest BCUT2D eigenvalue weighted by atomic mass is 9.85. The summed E-state index contributed by atoms with van der Waals surface area (Å²) in [5.74, 6) is 1.11. The zero-order valence-electron chi connectivity index (χ0n) is 18.5. The van der Waals surface area contributed by atoms with Crippen molar-refractivity contribution in [2.45, 2.75) is 71.6 Å². The number of unbranched alkanes of at least 4 members (excludes halogenated alkanes) is 1. The fraction of sp³-hybridized carbons (Fsp3) is 0.682. The fourth-order valence-corrected chi connectivity index (χ4v) is 3.99. The molecule has 1 amide bonds. The summed E-state index contributed by atoms with van der Waals surface area (Å²) in [6.45, 7) is 9.76. The summed E-state index contributed by atoms with van der Waals surface area (Å²) in [6, 6.07) is -1.14. The van der Waals surface area contributed by atoms with E-state index in [4.69, 9.17) is 18.9 Å². The van der Waals surface area contributed by atoms with Crippen LogP contribution in [-0.2, 0) is 15.9 Å². The highest BCUT2D eigenvalue weighted by molar-refractivity contribution is 5.73. The highest BCUT2D eigenvalue weighted by Gasteiger charge is 2.44. The molecule has 2 atom stereocenters. The maximum atomic E-state index is 13.1. The van der Waals surface area contributed by atoms with E-state index in [9.17, 15) is 15.0 Å². The van der Waals surface area contributed by atoms with Crippen molar-refractivity contribution in [1.29, 1.82) is 0 Å². The highest BCUT2D eigenvalue weighted by atomic mass is 16.7. The molecule has 3 rings (SSSR count). The van der Waals surface area contributed by atoms with Crippen LogP contribution in [0.3, 0.4) is 0 Å². The fourth-order valence-electron chi connectivity index (χ4n) is 3.99. The van der Waals surface area contributed by atoms with Gasteiger partial charge in [0.05, 0.1) is 25.3 Å². The first-order valence-corrected chi connectivity index (χ1v) is 10.5. The molecule has 2 aliphatic rings. The highest BCUT2D eigenvalue weighted by Crippen LogP contribution is 2.52. The van der Waals surface area contributed by atoms with Crippen molar-refractivity contribution < 1.29 is 34.0 Å². The Morgan fingerprint density at radius 1 is 1.27 bits per heavy atom. The standard InChI is InChI=1S/C22H33NO7/c1-6-7-8-27-11-16-17-15(18(25)13(2)19-20(17)29-12-28-19)9-14(10-24)23(16)21(26)30-22(3,4)5/h14,16,24-25H,6-12H2,1-5H3/t14-,16-/m0/s1. The normalized spacial score (nSPS) is 20.3. The van der Waals surface area contributed by atoms with Gasteiger partial charge in [0.15, 0.2) is 11.5 Å². The van der Waals surface area contributed by atoms with Crippen molar-refractivity contribution in [3.8, 4) is 17.2 Å². The van der Waals surface area contributed by atoms with Crippen molar-refractivity contribution in [1.82, 2.24) is 4.90 Å². The zero-order valence-corrected chi connectivity index (χ0v) is 18.5. The van der Waals surface area contributed by atoms with Crippen molar-refractivity contribution >= 4 is 6.09 Å². The number of aliphatic hydroxyl groups is 1. The summed E-state index contributed by atoms with van der Waals surface area (Å²) in [5, 5.41) is 21.0. The van der Waals surface area contributed by atoms with Gasteiger partial charge in [-0.05, 0) is 40.5 Å². The number of benzene rings is 1. The number of phenolic OH excluding ortho intramolecular Hbond substituents is 1. The number of hydrogen-bond acceptors (Lipinski definition) is 7. The van der Waals surface area contributed by atoms with E-state index in [1.54, 1.807) is 27.7 Å². The number of amides is 1. The second-order valence-electron chi connectivity index (χ2n) is 8.80. The molecule has 0 radical (unpaired) electrons. The smallest absolute Gasteiger partial charge is 0.411 e. The Balaban J connectivity index is 2.08. The first kappa shape index (κ1) is 22.5. The van der Waals surface area contributed by atoms with Gasteiger partial charge in [-0.1, -0.05) is 13.3 Å². The average Bonchev–Trinajstić information content (AvgIpc) is 3.16. The summed E-state index contributed by atoms with van der Waals surface area (Å²) >= 11 is 0. The number of nitrogens with zero attached hydrogens (tertiary/aromatic N) is 1. The topological polar surface area (TPSA) is 97.7 Å². The van der Waals surface area contributed by atoms with E-state index in [-0.39, 0.29) is 32.2 Å². The van der Waals surface area contributed by atoms with Crippen LogP contribution in [0.15, 0.2) is 0 Å². The summed E-state index contributed by atoms with van der Waals surface area (Å²) in [7, 11) is 0. The number of rotatable bonds is 6. The molecule has 2 heterocycles. The van der Waals surface area contributed by atoms with E-state index >= 15 is 0 Å². The molecule has 0 aromatic heterocycles. The van der Waals surface area contributed by atoms with E-state index in [1.807, 2.05) is 0 Å². The van der Waals surface area contributed by atoms with Crippen molar-refractivity contribution in [3.63, 3.8) is 0 Å². The van der Waals surface area contributed by atoms with Gasteiger partial charge in [0.2, 0.25) is 6.79 Å². The predicted molar refractivity (Wildman–Crippen MR) is 110 cm³/mol. The first-order chi connectivity index (χ1) is 14.2. The van der Waals surface area contributed by atoms with E-state index in [0.29, 0.717) is 34.8 Å². The minimum Gasteiger partial charge on any atom is -0.507 e. The minimum atomic E-state index is -0.693. The molecule has 2 aliphatic heterocycles. The number of hydrogen-bond donors (Lipinski definition) is 2. The molecular formula is C22H33NO7. The Morgan fingerprint density at radius 3 is 2.60 bits per heavy atom. The maximum absolute atomic E-state index is 13.1. The second-order valence-corrected chi connectivity index (χ2v) is 8.80. The van der Waals surface area contributed by atoms with Crippen molar-refractivity contribution in [2.24, 2.45) is 0 Å². The van der Waals surface area contributed by atoms with Gasteiger partial charge in [-0.3, -0.25) is 4.90 Å². The number of carbonyl (C=O) groups excluding carboxylic acids is 1. The number of carbonyl (C=O) groups is 1. The maximum Gasteiger partial charge on any atom is 0.411 e. The SMILES string of the molecule is CCCCOC[C@H]1c2c(c(O)c(C)c3c2OCO3)C[C@@H](CO)N1C(=O)OC(C)(C)C. The van der Waals surface area contributed by atoms with Crippen LogP contribution >= 0.6 is 0 Å². The summed E-state index contributed by atoms with van der Waals surface area (Å²) in [4.78, 5) is 14.7. The summed E-state index contributed by atoms with van der Waals surface area (Å²) in [5.41, 5.74) is 1.22.